The first-order chi connectivity index (χ1) is 10.3. The third-order valence-corrected chi connectivity index (χ3v) is 3.71. The van der Waals surface area contributed by atoms with E-state index in [1.165, 1.54) is 26.4 Å². The van der Waals surface area contributed by atoms with Gasteiger partial charge in [-0.25, -0.2) is 4.79 Å². The highest BCUT2D eigenvalue weighted by molar-refractivity contribution is 5.93. The van der Waals surface area contributed by atoms with E-state index in [-0.39, 0.29) is 18.4 Å². The quantitative estimate of drug-likeness (QED) is 0.751. The minimum Gasteiger partial charge on any atom is -0.493 e. The lowest BCUT2D eigenvalue weighted by Crippen LogP contribution is -2.33. The van der Waals surface area contributed by atoms with E-state index in [0.29, 0.717) is 23.7 Å². The number of rotatable bonds is 6. The smallest absolute Gasteiger partial charge is 0.342 e. The fraction of sp³-hybridized carbons (Fsp3) is 0.562. The Morgan fingerprint density at radius 3 is 2.50 bits per heavy atom. The topological polar surface area (TPSA) is 48.0 Å². The molecule has 5 nitrogen and oxygen atoms in total. The van der Waals surface area contributed by atoms with Gasteiger partial charge in [0.1, 0.15) is 12.2 Å². The Bertz CT molecular complexity index is 475. The number of hydrogen-bond donors (Lipinski definition) is 0. The minimum absolute atomic E-state index is 0. The van der Waals surface area contributed by atoms with E-state index in [9.17, 15) is 4.79 Å². The molecule has 0 aliphatic carbocycles. The van der Waals surface area contributed by atoms with Crippen LogP contribution in [0.5, 0.6) is 11.5 Å². The third-order valence-electron chi connectivity index (χ3n) is 3.71. The molecule has 1 saturated heterocycles. The number of likely N-dealkylation sites (tertiary alicyclic amines) is 1. The minimum atomic E-state index is -0.372. The Morgan fingerprint density at radius 2 is 1.86 bits per heavy atom. The predicted molar refractivity (Wildman–Crippen MR) is 87.4 cm³/mol. The molecule has 0 radical (unpaired) electrons. The van der Waals surface area contributed by atoms with Gasteiger partial charge in [0.2, 0.25) is 0 Å². The number of hydrogen-bond acceptors (Lipinski definition) is 5. The number of esters is 1. The second kappa shape index (κ2) is 9.54. The Kier molecular flexibility index (Phi) is 8.06. The molecule has 22 heavy (non-hydrogen) atoms. The molecule has 0 aromatic heterocycles. The van der Waals surface area contributed by atoms with Gasteiger partial charge in [0, 0.05) is 6.54 Å². The van der Waals surface area contributed by atoms with Crippen molar-refractivity contribution in [3.05, 3.63) is 23.8 Å². The van der Waals surface area contributed by atoms with Crippen molar-refractivity contribution < 1.29 is 19.0 Å². The number of piperidine rings is 1. The molecule has 1 aromatic rings. The number of carbonyl (C=O) groups excluding carboxylic acids is 1. The summed E-state index contributed by atoms with van der Waals surface area (Å²) in [6.07, 6.45) is 3.77. The first-order valence-electron chi connectivity index (χ1n) is 7.36. The van der Waals surface area contributed by atoms with Crippen molar-refractivity contribution in [1.82, 2.24) is 4.90 Å². The average molecular weight is 330 g/mol. The summed E-state index contributed by atoms with van der Waals surface area (Å²) >= 11 is 0. The van der Waals surface area contributed by atoms with E-state index in [2.05, 4.69) is 4.90 Å². The summed E-state index contributed by atoms with van der Waals surface area (Å²) in [7, 11) is 3.06. The zero-order valence-corrected chi connectivity index (χ0v) is 14.0. The van der Waals surface area contributed by atoms with Crippen LogP contribution in [-0.4, -0.2) is 51.3 Å². The fourth-order valence-corrected chi connectivity index (χ4v) is 2.58. The van der Waals surface area contributed by atoms with Crippen LogP contribution in [0.2, 0.25) is 0 Å². The molecule has 0 N–H and O–H groups in total. The van der Waals surface area contributed by atoms with Crippen LogP contribution in [0.3, 0.4) is 0 Å². The maximum absolute atomic E-state index is 12.2. The third kappa shape index (κ3) is 4.78. The standard InChI is InChI=1S/C16H23NO4.ClH/c1-19-14-8-6-7-13(15(14)20-2)16(18)21-12-11-17-9-4-3-5-10-17;/h6-8H,3-5,9-12H2,1-2H3;1H. The summed E-state index contributed by atoms with van der Waals surface area (Å²) < 4.78 is 15.8. The summed E-state index contributed by atoms with van der Waals surface area (Å²) in [5, 5.41) is 0. The molecule has 0 saturated carbocycles. The Hall–Kier alpha value is -1.46. The van der Waals surface area contributed by atoms with Crippen LogP contribution in [0.4, 0.5) is 0 Å². The molecule has 0 unspecified atom stereocenters. The maximum atomic E-state index is 12.2. The molecular formula is C16H24ClNO4. The van der Waals surface area contributed by atoms with Crippen LogP contribution < -0.4 is 9.47 Å². The normalized spacial score (nSPS) is 14.8. The van der Waals surface area contributed by atoms with Crippen molar-refractivity contribution in [1.29, 1.82) is 0 Å². The van der Waals surface area contributed by atoms with Crippen molar-refractivity contribution >= 4 is 18.4 Å². The van der Waals surface area contributed by atoms with Gasteiger partial charge in [0.25, 0.3) is 0 Å². The van der Waals surface area contributed by atoms with Gasteiger partial charge in [0.05, 0.1) is 14.2 Å². The molecule has 1 fully saturated rings. The van der Waals surface area contributed by atoms with Crippen molar-refractivity contribution in [3.63, 3.8) is 0 Å². The Balaban J connectivity index is 0.00000242. The van der Waals surface area contributed by atoms with E-state index in [4.69, 9.17) is 14.2 Å². The molecule has 0 spiro atoms. The van der Waals surface area contributed by atoms with Crippen molar-refractivity contribution in [2.45, 2.75) is 19.3 Å². The van der Waals surface area contributed by atoms with Crippen molar-refractivity contribution in [2.24, 2.45) is 0 Å². The van der Waals surface area contributed by atoms with Gasteiger partial charge in [-0.1, -0.05) is 12.5 Å². The number of methoxy groups -OCH3 is 2. The van der Waals surface area contributed by atoms with Crippen LogP contribution in [0, 0.1) is 0 Å². The van der Waals surface area contributed by atoms with Crippen LogP contribution >= 0.6 is 12.4 Å². The largest absolute Gasteiger partial charge is 0.493 e. The maximum Gasteiger partial charge on any atom is 0.342 e. The van der Waals surface area contributed by atoms with Gasteiger partial charge in [-0.3, -0.25) is 4.90 Å². The molecule has 124 valence electrons. The van der Waals surface area contributed by atoms with Gasteiger partial charge in [-0.15, -0.1) is 12.4 Å². The molecule has 1 heterocycles. The zero-order chi connectivity index (χ0) is 15.1. The summed E-state index contributed by atoms with van der Waals surface area (Å²) in [5.41, 5.74) is 0.399. The van der Waals surface area contributed by atoms with Crippen molar-refractivity contribution in [3.8, 4) is 11.5 Å². The highest BCUT2D eigenvalue weighted by Gasteiger charge is 2.18. The summed E-state index contributed by atoms with van der Waals surface area (Å²) in [5.74, 6) is 0.578. The lowest BCUT2D eigenvalue weighted by Gasteiger charge is -2.25. The zero-order valence-electron chi connectivity index (χ0n) is 13.2. The molecule has 2 rings (SSSR count). The monoisotopic (exact) mass is 329 g/mol. The van der Waals surface area contributed by atoms with Gasteiger partial charge in [-0.2, -0.15) is 0 Å². The number of para-hydroxylation sites is 1. The molecule has 1 aliphatic rings. The van der Waals surface area contributed by atoms with Crippen LogP contribution in [-0.2, 0) is 4.74 Å². The van der Waals surface area contributed by atoms with Crippen molar-refractivity contribution in [2.75, 3.05) is 40.5 Å². The Morgan fingerprint density at radius 1 is 1.14 bits per heavy atom. The van der Waals surface area contributed by atoms with E-state index in [1.807, 2.05) is 0 Å². The number of halogens is 1. The second-order valence-electron chi connectivity index (χ2n) is 5.08. The molecule has 0 amide bonds. The van der Waals surface area contributed by atoms with Crippen LogP contribution in [0.25, 0.3) is 0 Å². The van der Waals surface area contributed by atoms with Gasteiger partial charge >= 0.3 is 5.97 Å². The molecule has 6 heteroatoms. The number of carbonyl (C=O) groups is 1. The molecule has 1 aliphatic heterocycles. The number of nitrogens with zero attached hydrogens (tertiary/aromatic N) is 1. The summed E-state index contributed by atoms with van der Waals surface area (Å²) in [6, 6.07) is 5.19. The van der Waals surface area contributed by atoms with Gasteiger partial charge in [-0.05, 0) is 38.1 Å². The second-order valence-corrected chi connectivity index (χ2v) is 5.08. The molecule has 1 aromatic carbocycles. The number of benzene rings is 1. The summed E-state index contributed by atoms with van der Waals surface area (Å²) in [6.45, 7) is 3.39. The fourth-order valence-electron chi connectivity index (χ4n) is 2.58. The highest BCUT2D eigenvalue weighted by Crippen LogP contribution is 2.31. The highest BCUT2D eigenvalue weighted by atomic mass is 35.5. The van der Waals surface area contributed by atoms with Crippen LogP contribution in [0.1, 0.15) is 29.6 Å². The first kappa shape index (κ1) is 18.6. The first-order valence-corrected chi connectivity index (χ1v) is 7.36. The van der Waals surface area contributed by atoms with Crippen LogP contribution in [0.15, 0.2) is 18.2 Å². The predicted octanol–water partition coefficient (Wildman–Crippen LogP) is 2.77. The average Bonchev–Trinajstić information content (AvgIpc) is 2.54. The SMILES string of the molecule is COc1cccc(C(=O)OCCN2CCCCC2)c1OC.Cl. The van der Waals surface area contributed by atoms with E-state index in [1.54, 1.807) is 25.3 Å². The molecule has 0 bridgehead atoms. The van der Waals surface area contributed by atoms with Gasteiger partial charge in [0.15, 0.2) is 11.5 Å². The summed E-state index contributed by atoms with van der Waals surface area (Å²) in [4.78, 5) is 14.5. The van der Waals surface area contributed by atoms with E-state index < -0.39 is 0 Å². The molecular weight excluding hydrogens is 306 g/mol. The molecule has 0 atom stereocenters. The Labute approximate surface area is 137 Å². The van der Waals surface area contributed by atoms with E-state index >= 15 is 0 Å². The lowest BCUT2D eigenvalue weighted by molar-refractivity contribution is 0.0448. The van der Waals surface area contributed by atoms with E-state index in [0.717, 1.165) is 19.6 Å². The number of ether oxygens (including phenoxy) is 3. The van der Waals surface area contributed by atoms with Gasteiger partial charge < -0.3 is 14.2 Å². The lowest BCUT2D eigenvalue weighted by atomic mass is 10.1.